The molecule has 3 nitrogen and oxygen atoms in total. The molecule has 0 amide bonds. The van der Waals surface area contributed by atoms with Crippen molar-refractivity contribution < 1.29 is 0 Å². The second-order valence-electron chi connectivity index (χ2n) is 6.93. The van der Waals surface area contributed by atoms with Crippen molar-refractivity contribution in [3.05, 3.63) is 0 Å². The fraction of sp³-hybridized carbons (Fsp3) is 1.00. The van der Waals surface area contributed by atoms with Crippen molar-refractivity contribution >= 4 is 0 Å². The number of nitrogens with zero attached hydrogens (tertiary/aromatic N) is 2. The SMILES string of the molecule is CCCNCCCC(C)N1CC2CCCCN2CC1C. The fourth-order valence-electron chi connectivity index (χ4n) is 3.98. The minimum absolute atomic E-state index is 0.739. The second kappa shape index (κ2) is 8.35. The van der Waals surface area contributed by atoms with E-state index in [9.17, 15) is 0 Å². The molecule has 3 atom stereocenters. The Hall–Kier alpha value is -0.120. The lowest BCUT2D eigenvalue weighted by atomic mass is 9.95. The lowest BCUT2D eigenvalue weighted by Crippen LogP contribution is -2.60. The van der Waals surface area contributed by atoms with E-state index in [-0.39, 0.29) is 0 Å². The minimum Gasteiger partial charge on any atom is -0.317 e. The molecule has 20 heavy (non-hydrogen) atoms. The minimum atomic E-state index is 0.739. The van der Waals surface area contributed by atoms with Gasteiger partial charge in [0, 0.05) is 31.2 Å². The van der Waals surface area contributed by atoms with Crippen LogP contribution in [-0.2, 0) is 0 Å². The average molecular weight is 281 g/mol. The first-order valence-electron chi connectivity index (χ1n) is 8.93. The predicted octanol–water partition coefficient (Wildman–Crippen LogP) is 2.71. The molecule has 0 saturated carbocycles. The summed E-state index contributed by atoms with van der Waals surface area (Å²) in [6, 6.07) is 2.33. The van der Waals surface area contributed by atoms with Gasteiger partial charge < -0.3 is 5.32 Å². The van der Waals surface area contributed by atoms with Crippen molar-refractivity contribution in [1.82, 2.24) is 15.1 Å². The molecule has 0 aromatic heterocycles. The lowest BCUT2D eigenvalue weighted by molar-refractivity contribution is -0.00594. The summed E-state index contributed by atoms with van der Waals surface area (Å²) >= 11 is 0. The molecule has 2 saturated heterocycles. The maximum absolute atomic E-state index is 3.52. The molecule has 2 rings (SSSR count). The molecule has 3 unspecified atom stereocenters. The third-order valence-corrected chi connectivity index (χ3v) is 5.20. The maximum atomic E-state index is 3.52. The molecule has 2 heterocycles. The van der Waals surface area contributed by atoms with Gasteiger partial charge in [-0.05, 0) is 65.6 Å². The molecule has 2 aliphatic heterocycles. The zero-order valence-electron chi connectivity index (χ0n) is 13.9. The Balaban J connectivity index is 1.72. The maximum Gasteiger partial charge on any atom is 0.0224 e. The fourth-order valence-corrected chi connectivity index (χ4v) is 3.98. The summed E-state index contributed by atoms with van der Waals surface area (Å²) in [5.41, 5.74) is 0. The van der Waals surface area contributed by atoms with Crippen LogP contribution in [-0.4, -0.2) is 60.6 Å². The number of piperidine rings is 1. The summed E-state index contributed by atoms with van der Waals surface area (Å²) in [6.45, 7) is 13.4. The zero-order valence-corrected chi connectivity index (χ0v) is 13.9. The van der Waals surface area contributed by atoms with E-state index in [0.717, 1.165) is 18.1 Å². The molecule has 0 radical (unpaired) electrons. The first-order chi connectivity index (χ1) is 9.72. The van der Waals surface area contributed by atoms with Crippen molar-refractivity contribution in [2.45, 2.75) is 77.4 Å². The Morgan fingerprint density at radius 2 is 2.05 bits per heavy atom. The normalized spacial score (nSPS) is 30.1. The lowest BCUT2D eigenvalue weighted by Gasteiger charge is -2.49. The van der Waals surface area contributed by atoms with Crippen LogP contribution < -0.4 is 5.32 Å². The van der Waals surface area contributed by atoms with Crippen LogP contribution in [0.2, 0.25) is 0 Å². The summed E-state index contributed by atoms with van der Waals surface area (Å²) in [4.78, 5) is 5.53. The molecule has 1 N–H and O–H groups in total. The van der Waals surface area contributed by atoms with E-state index in [2.05, 4.69) is 35.9 Å². The highest BCUT2D eigenvalue weighted by Gasteiger charge is 2.34. The molecular formula is C17H35N3. The molecule has 0 bridgehead atoms. The second-order valence-corrected chi connectivity index (χ2v) is 6.93. The topological polar surface area (TPSA) is 18.5 Å². The Morgan fingerprint density at radius 3 is 2.85 bits per heavy atom. The first kappa shape index (κ1) is 16.3. The zero-order chi connectivity index (χ0) is 14.4. The summed E-state index contributed by atoms with van der Waals surface area (Å²) < 4.78 is 0. The molecular weight excluding hydrogens is 246 g/mol. The van der Waals surface area contributed by atoms with Gasteiger partial charge in [-0.3, -0.25) is 9.80 Å². The third kappa shape index (κ3) is 4.44. The van der Waals surface area contributed by atoms with Crippen LogP contribution in [0.3, 0.4) is 0 Å². The quantitative estimate of drug-likeness (QED) is 0.724. The van der Waals surface area contributed by atoms with Gasteiger partial charge in [0.2, 0.25) is 0 Å². The number of hydrogen-bond acceptors (Lipinski definition) is 3. The molecule has 2 aliphatic rings. The first-order valence-corrected chi connectivity index (χ1v) is 8.93. The Labute approximate surface area is 126 Å². The third-order valence-electron chi connectivity index (χ3n) is 5.20. The van der Waals surface area contributed by atoms with Gasteiger partial charge in [-0.2, -0.15) is 0 Å². The van der Waals surface area contributed by atoms with Crippen molar-refractivity contribution in [2.24, 2.45) is 0 Å². The van der Waals surface area contributed by atoms with Crippen LogP contribution in [0.5, 0.6) is 0 Å². The number of fused-ring (bicyclic) bond motifs is 1. The summed E-state index contributed by atoms with van der Waals surface area (Å²) in [5.74, 6) is 0. The van der Waals surface area contributed by atoms with Crippen LogP contribution in [0.25, 0.3) is 0 Å². The highest BCUT2D eigenvalue weighted by atomic mass is 15.3. The van der Waals surface area contributed by atoms with Crippen LogP contribution in [0.4, 0.5) is 0 Å². The molecule has 2 fully saturated rings. The van der Waals surface area contributed by atoms with Gasteiger partial charge in [-0.15, -0.1) is 0 Å². The van der Waals surface area contributed by atoms with Crippen molar-refractivity contribution in [3.63, 3.8) is 0 Å². The highest BCUT2D eigenvalue weighted by molar-refractivity contribution is 4.90. The van der Waals surface area contributed by atoms with Crippen LogP contribution in [0.15, 0.2) is 0 Å². The molecule has 0 aromatic rings. The van der Waals surface area contributed by atoms with Crippen LogP contribution in [0.1, 0.15) is 59.3 Å². The van der Waals surface area contributed by atoms with Crippen molar-refractivity contribution in [3.8, 4) is 0 Å². The van der Waals surface area contributed by atoms with Gasteiger partial charge in [-0.1, -0.05) is 13.3 Å². The summed E-state index contributed by atoms with van der Waals surface area (Å²) in [6.07, 6.45) is 8.19. The number of hydrogen-bond donors (Lipinski definition) is 1. The van der Waals surface area contributed by atoms with E-state index < -0.39 is 0 Å². The Bertz CT molecular complexity index is 269. The van der Waals surface area contributed by atoms with E-state index in [1.54, 1.807) is 0 Å². The molecule has 0 aromatic carbocycles. The van der Waals surface area contributed by atoms with Gasteiger partial charge >= 0.3 is 0 Å². The number of piperazine rings is 1. The molecule has 0 aliphatic carbocycles. The largest absolute Gasteiger partial charge is 0.317 e. The average Bonchev–Trinajstić information content (AvgIpc) is 2.46. The van der Waals surface area contributed by atoms with Gasteiger partial charge in [-0.25, -0.2) is 0 Å². The highest BCUT2D eigenvalue weighted by Crippen LogP contribution is 2.26. The van der Waals surface area contributed by atoms with Crippen molar-refractivity contribution in [1.29, 1.82) is 0 Å². The number of rotatable bonds is 7. The monoisotopic (exact) mass is 281 g/mol. The van der Waals surface area contributed by atoms with Gasteiger partial charge in [0.1, 0.15) is 0 Å². The Morgan fingerprint density at radius 1 is 1.20 bits per heavy atom. The van der Waals surface area contributed by atoms with Gasteiger partial charge in [0.25, 0.3) is 0 Å². The smallest absolute Gasteiger partial charge is 0.0224 e. The molecule has 3 heteroatoms. The number of nitrogens with one attached hydrogen (secondary N) is 1. The van der Waals surface area contributed by atoms with E-state index in [4.69, 9.17) is 0 Å². The van der Waals surface area contributed by atoms with E-state index in [1.165, 1.54) is 71.2 Å². The Kier molecular flexibility index (Phi) is 6.79. The predicted molar refractivity (Wildman–Crippen MR) is 87.2 cm³/mol. The summed E-state index contributed by atoms with van der Waals surface area (Å²) in [7, 11) is 0. The summed E-state index contributed by atoms with van der Waals surface area (Å²) in [5, 5.41) is 3.52. The van der Waals surface area contributed by atoms with Crippen molar-refractivity contribution in [2.75, 3.05) is 32.7 Å². The van der Waals surface area contributed by atoms with Crippen LogP contribution in [0, 0.1) is 0 Å². The molecule has 118 valence electrons. The van der Waals surface area contributed by atoms with E-state index in [1.807, 2.05) is 0 Å². The van der Waals surface area contributed by atoms with E-state index in [0.29, 0.717) is 0 Å². The van der Waals surface area contributed by atoms with Gasteiger partial charge in [0.15, 0.2) is 0 Å². The van der Waals surface area contributed by atoms with Crippen LogP contribution >= 0.6 is 0 Å². The standard InChI is InChI=1S/C17H35N3/c1-4-10-18-11-7-8-15(2)20-14-17-9-5-6-12-19(17)13-16(20)3/h15-18H,4-14H2,1-3H3. The van der Waals surface area contributed by atoms with Gasteiger partial charge in [0.05, 0.1) is 0 Å². The van der Waals surface area contributed by atoms with E-state index >= 15 is 0 Å². The molecule has 0 spiro atoms.